The normalized spacial score (nSPS) is 14.5. The number of cyclic esters (lactones) is 1. The third kappa shape index (κ3) is 2.97. The molecule has 0 aromatic heterocycles. The molecule has 18 heavy (non-hydrogen) atoms. The molecule has 0 spiro atoms. The van der Waals surface area contributed by atoms with Gasteiger partial charge in [-0.2, -0.15) is 0 Å². The van der Waals surface area contributed by atoms with Crippen molar-refractivity contribution in [2.75, 3.05) is 19.7 Å². The zero-order valence-corrected chi connectivity index (χ0v) is 9.69. The highest BCUT2D eigenvalue weighted by atomic mass is 19.1. The molecule has 0 atom stereocenters. The predicted molar refractivity (Wildman–Crippen MR) is 61.2 cm³/mol. The van der Waals surface area contributed by atoms with E-state index < -0.39 is 6.09 Å². The molecule has 5 nitrogen and oxygen atoms in total. The number of benzene rings is 1. The third-order valence-electron chi connectivity index (χ3n) is 2.61. The Morgan fingerprint density at radius 2 is 2.22 bits per heavy atom. The zero-order valence-electron chi connectivity index (χ0n) is 9.69. The van der Waals surface area contributed by atoms with Crippen molar-refractivity contribution in [3.8, 4) is 0 Å². The van der Waals surface area contributed by atoms with Gasteiger partial charge >= 0.3 is 6.09 Å². The lowest BCUT2D eigenvalue weighted by Gasteiger charge is -2.12. The van der Waals surface area contributed by atoms with E-state index in [2.05, 4.69) is 5.32 Å². The SMILES string of the molecule is O=C(CN1CCOC1=O)NCc1ccccc1F. The monoisotopic (exact) mass is 252 g/mol. The van der Waals surface area contributed by atoms with Gasteiger partial charge in [-0.15, -0.1) is 0 Å². The molecule has 0 radical (unpaired) electrons. The summed E-state index contributed by atoms with van der Waals surface area (Å²) in [5.41, 5.74) is 0.412. The molecule has 0 aliphatic carbocycles. The van der Waals surface area contributed by atoms with E-state index in [1.54, 1.807) is 18.2 Å². The van der Waals surface area contributed by atoms with Crippen LogP contribution in [0.15, 0.2) is 24.3 Å². The lowest BCUT2D eigenvalue weighted by Crippen LogP contribution is -2.37. The van der Waals surface area contributed by atoms with Crippen LogP contribution in [0.4, 0.5) is 9.18 Å². The lowest BCUT2D eigenvalue weighted by molar-refractivity contribution is -0.121. The van der Waals surface area contributed by atoms with Crippen LogP contribution in [0.1, 0.15) is 5.56 Å². The Balaban J connectivity index is 1.82. The Hall–Kier alpha value is -2.11. The van der Waals surface area contributed by atoms with Crippen LogP contribution in [0.25, 0.3) is 0 Å². The number of halogens is 1. The van der Waals surface area contributed by atoms with Crippen LogP contribution in [0, 0.1) is 5.82 Å². The van der Waals surface area contributed by atoms with Gasteiger partial charge in [-0.05, 0) is 6.07 Å². The van der Waals surface area contributed by atoms with Crippen molar-refractivity contribution in [2.45, 2.75) is 6.54 Å². The van der Waals surface area contributed by atoms with Gasteiger partial charge < -0.3 is 10.1 Å². The van der Waals surface area contributed by atoms with Crippen molar-refractivity contribution >= 4 is 12.0 Å². The predicted octanol–water partition coefficient (Wildman–Crippen LogP) is 0.894. The van der Waals surface area contributed by atoms with E-state index >= 15 is 0 Å². The molecule has 1 fully saturated rings. The number of rotatable bonds is 4. The molecule has 1 N–H and O–H groups in total. The topological polar surface area (TPSA) is 58.6 Å². The van der Waals surface area contributed by atoms with E-state index in [1.807, 2.05) is 0 Å². The van der Waals surface area contributed by atoms with Crippen LogP contribution in [-0.2, 0) is 16.1 Å². The summed E-state index contributed by atoms with van der Waals surface area (Å²) < 4.78 is 18.0. The molecule has 2 amide bonds. The summed E-state index contributed by atoms with van der Waals surface area (Å²) in [7, 11) is 0. The first-order valence-corrected chi connectivity index (χ1v) is 5.58. The molecule has 1 aliphatic rings. The van der Waals surface area contributed by atoms with Gasteiger partial charge in [-0.1, -0.05) is 18.2 Å². The van der Waals surface area contributed by atoms with Crippen molar-refractivity contribution in [1.82, 2.24) is 10.2 Å². The zero-order chi connectivity index (χ0) is 13.0. The number of nitrogens with one attached hydrogen (secondary N) is 1. The first-order valence-electron chi connectivity index (χ1n) is 5.58. The van der Waals surface area contributed by atoms with Crippen LogP contribution in [0.5, 0.6) is 0 Å². The highest BCUT2D eigenvalue weighted by molar-refractivity contribution is 5.82. The molecule has 1 aromatic rings. The maximum atomic E-state index is 13.3. The molecule has 1 saturated heterocycles. The second-order valence-electron chi connectivity index (χ2n) is 3.90. The number of hydrogen-bond donors (Lipinski definition) is 1. The van der Waals surface area contributed by atoms with Gasteiger partial charge in [0.05, 0.1) is 6.54 Å². The Labute approximate surface area is 104 Å². The second-order valence-corrected chi connectivity index (χ2v) is 3.90. The van der Waals surface area contributed by atoms with Crippen molar-refractivity contribution in [3.63, 3.8) is 0 Å². The highest BCUT2D eigenvalue weighted by Gasteiger charge is 2.23. The summed E-state index contributed by atoms with van der Waals surface area (Å²) in [4.78, 5) is 24.0. The molecule has 0 unspecified atom stereocenters. The number of ether oxygens (including phenoxy) is 1. The van der Waals surface area contributed by atoms with Gasteiger partial charge in [-0.3, -0.25) is 9.69 Å². The minimum Gasteiger partial charge on any atom is -0.448 e. The molecule has 2 rings (SSSR count). The molecule has 6 heteroatoms. The largest absolute Gasteiger partial charge is 0.448 e. The van der Waals surface area contributed by atoms with Crippen LogP contribution in [-0.4, -0.2) is 36.6 Å². The van der Waals surface area contributed by atoms with Crippen LogP contribution in [0.3, 0.4) is 0 Å². The van der Waals surface area contributed by atoms with Gasteiger partial charge in [0, 0.05) is 12.1 Å². The molecule has 1 heterocycles. The minimum atomic E-state index is -0.490. The van der Waals surface area contributed by atoms with Gasteiger partial charge in [0.15, 0.2) is 0 Å². The van der Waals surface area contributed by atoms with Crippen molar-refractivity contribution < 1.29 is 18.7 Å². The molecular formula is C12H13FN2O3. The Kier molecular flexibility index (Phi) is 3.76. The second kappa shape index (κ2) is 5.48. The summed E-state index contributed by atoms with van der Waals surface area (Å²) >= 11 is 0. The van der Waals surface area contributed by atoms with E-state index in [1.165, 1.54) is 11.0 Å². The molecule has 0 bridgehead atoms. The first-order chi connectivity index (χ1) is 8.66. The smallest absolute Gasteiger partial charge is 0.410 e. The molecule has 1 aliphatic heterocycles. The lowest BCUT2D eigenvalue weighted by atomic mass is 10.2. The quantitative estimate of drug-likeness (QED) is 0.866. The summed E-state index contributed by atoms with van der Waals surface area (Å²) in [6.07, 6.45) is -0.490. The van der Waals surface area contributed by atoms with Crippen LogP contribution in [0.2, 0.25) is 0 Å². The molecule has 96 valence electrons. The maximum absolute atomic E-state index is 13.3. The van der Waals surface area contributed by atoms with Crippen LogP contribution >= 0.6 is 0 Å². The standard InChI is InChI=1S/C12H13FN2O3/c13-10-4-2-1-3-9(10)7-14-11(16)8-15-5-6-18-12(15)17/h1-4H,5-8H2,(H,14,16). The van der Waals surface area contributed by atoms with Gasteiger partial charge in [0.1, 0.15) is 19.0 Å². The number of carbonyl (C=O) groups excluding carboxylic acids is 2. The average Bonchev–Trinajstić information content (AvgIpc) is 2.74. The fourth-order valence-electron chi connectivity index (χ4n) is 1.63. The summed E-state index contributed by atoms with van der Waals surface area (Å²) in [5, 5.41) is 2.56. The highest BCUT2D eigenvalue weighted by Crippen LogP contribution is 2.06. The number of hydrogen-bond acceptors (Lipinski definition) is 3. The van der Waals surface area contributed by atoms with Gasteiger partial charge in [0.2, 0.25) is 5.91 Å². The Morgan fingerprint density at radius 1 is 1.44 bits per heavy atom. The van der Waals surface area contributed by atoms with E-state index in [-0.39, 0.29) is 24.8 Å². The Morgan fingerprint density at radius 3 is 2.89 bits per heavy atom. The van der Waals surface area contributed by atoms with Crippen LogP contribution < -0.4 is 5.32 Å². The third-order valence-corrected chi connectivity index (χ3v) is 2.61. The minimum absolute atomic E-state index is 0.0622. The molecule has 0 saturated carbocycles. The fraction of sp³-hybridized carbons (Fsp3) is 0.333. The number of nitrogens with zero attached hydrogens (tertiary/aromatic N) is 1. The fourth-order valence-corrected chi connectivity index (χ4v) is 1.63. The summed E-state index contributed by atoms with van der Waals surface area (Å²) in [6.45, 7) is 0.757. The number of amides is 2. The molecule has 1 aromatic carbocycles. The molecular weight excluding hydrogens is 239 g/mol. The maximum Gasteiger partial charge on any atom is 0.410 e. The van der Waals surface area contributed by atoms with E-state index in [0.29, 0.717) is 18.7 Å². The Bertz CT molecular complexity index is 464. The van der Waals surface area contributed by atoms with E-state index in [9.17, 15) is 14.0 Å². The van der Waals surface area contributed by atoms with E-state index in [0.717, 1.165) is 0 Å². The van der Waals surface area contributed by atoms with Gasteiger partial charge in [0.25, 0.3) is 0 Å². The van der Waals surface area contributed by atoms with Gasteiger partial charge in [-0.25, -0.2) is 9.18 Å². The first kappa shape index (κ1) is 12.3. The van der Waals surface area contributed by atoms with Crippen molar-refractivity contribution in [2.24, 2.45) is 0 Å². The summed E-state index contributed by atoms with van der Waals surface area (Å²) in [5.74, 6) is -0.699. The average molecular weight is 252 g/mol. The number of carbonyl (C=O) groups is 2. The van der Waals surface area contributed by atoms with Crippen molar-refractivity contribution in [1.29, 1.82) is 0 Å². The van der Waals surface area contributed by atoms with E-state index in [4.69, 9.17) is 4.74 Å². The summed E-state index contributed by atoms with van der Waals surface area (Å²) in [6, 6.07) is 6.21. The van der Waals surface area contributed by atoms with Crippen molar-refractivity contribution in [3.05, 3.63) is 35.6 Å².